The highest BCUT2D eigenvalue weighted by Crippen LogP contribution is 2.45. The molecule has 3 aromatic rings. The van der Waals surface area contributed by atoms with Crippen LogP contribution < -0.4 is 9.80 Å². The average molecular weight is 536 g/mol. The van der Waals surface area contributed by atoms with Crippen molar-refractivity contribution >= 4 is 17.7 Å². The van der Waals surface area contributed by atoms with Gasteiger partial charge in [-0.3, -0.25) is 9.88 Å². The molecule has 1 N–H and O–H groups in total. The molecule has 1 aliphatic heterocycles. The highest BCUT2D eigenvalue weighted by atomic mass is 19.4. The summed E-state index contributed by atoms with van der Waals surface area (Å²) in [7, 11) is 0. The normalized spacial score (nSPS) is 17.3. The van der Waals surface area contributed by atoms with Gasteiger partial charge in [0.25, 0.3) is 5.95 Å². The quantitative estimate of drug-likeness (QED) is 0.394. The van der Waals surface area contributed by atoms with Gasteiger partial charge in [0, 0.05) is 23.8 Å². The van der Waals surface area contributed by atoms with E-state index in [1.807, 2.05) is 19.9 Å². The van der Waals surface area contributed by atoms with Crippen LogP contribution in [0.1, 0.15) is 66.4 Å². The topological polar surface area (TPSA) is 100 Å². The molecule has 0 aliphatic carbocycles. The first-order valence-corrected chi connectivity index (χ1v) is 12.3. The molecule has 13 heteroatoms. The highest BCUT2D eigenvalue weighted by Gasteiger charge is 2.41. The number of pyridine rings is 1. The first-order chi connectivity index (χ1) is 18.1. The molecular weight excluding hydrogens is 506 g/mol. The number of tetrazole rings is 1. The van der Waals surface area contributed by atoms with E-state index in [1.54, 1.807) is 23.6 Å². The van der Waals surface area contributed by atoms with Gasteiger partial charge in [0.15, 0.2) is 0 Å². The minimum absolute atomic E-state index is 0.0587. The Kier molecular flexibility index (Phi) is 7.83. The zero-order valence-corrected chi connectivity index (χ0v) is 21.5. The smallest absolute Gasteiger partial charge is 0.416 e. The molecule has 4 rings (SSSR count). The number of H-pyrrole nitrogens is 1. The maximum atomic E-state index is 13.6. The van der Waals surface area contributed by atoms with Gasteiger partial charge in [-0.25, -0.2) is 9.18 Å². The lowest BCUT2D eigenvalue weighted by Crippen LogP contribution is -2.48. The summed E-state index contributed by atoms with van der Waals surface area (Å²) in [6, 6.07) is 4.30. The molecule has 9 nitrogen and oxygen atoms in total. The number of halogens is 4. The lowest BCUT2D eigenvalue weighted by atomic mass is 9.88. The molecule has 38 heavy (non-hydrogen) atoms. The number of aromatic amines is 1. The van der Waals surface area contributed by atoms with E-state index in [1.165, 1.54) is 6.07 Å². The van der Waals surface area contributed by atoms with Gasteiger partial charge in [0.05, 0.1) is 29.6 Å². The largest absolute Gasteiger partial charge is 0.449 e. The molecule has 0 saturated heterocycles. The summed E-state index contributed by atoms with van der Waals surface area (Å²) < 4.78 is 59.6. The summed E-state index contributed by atoms with van der Waals surface area (Å²) in [5.74, 6) is 0.159. The summed E-state index contributed by atoms with van der Waals surface area (Å²) in [4.78, 5) is 20.9. The Bertz CT molecular complexity index is 1280. The van der Waals surface area contributed by atoms with Gasteiger partial charge in [-0.05, 0) is 68.2 Å². The molecule has 3 heterocycles. The van der Waals surface area contributed by atoms with Gasteiger partial charge >= 0.3 is 12.3 Å². The fourth-order valence-corrected chi connectivity index (χ4v) is 5.06. The van der Waals surface area contributed by atoms with Crippen molar-refractivity contribution in [1.29, 1.82) is 0 Å². The van der Waals surface area contributed by atoms with Crippen LogP contribution in [-0.2, 0) is 24.1 Å². The lowest BCUT2D eigenvalue weighted by Gasteiger charge is -2.44. The van der Waals surface area contributed by atoms with Crippen molar-refractivity contribution in [2.45, 2.75) is 72.0 Å². The van der Waals surface area contributed by atoms with Crippen molar-refractivity contribution in [3.8, 4) is 0 Å². The predicted molar refractivity (Wildman–Crippen MR) is 131 cm³/mol. The highest BCUT2D eigenvalue weighted by molar-refractivity contribution is 5.91. The van der Waals surface area contributed by atoms with E-state index in [4.69, 9.17) is 4.74 Å². The van der Waals surface area contributed by atoms with E-state index >= 15 is 0 Å². The van der Waals surface area contributed by atoms with Gasteiger partial charge < -0.3 is 9.64 Å². The summed E-state index contributed by atoms with van der Waals surface area (Å²) in [5, 5.41) is 14.3. The van der Waals surface area contributed by atoms with Crippen molar-refractivity contribution in [1.82, 2.24) is 25.6 Å². The number of nitrogens with one attached hydrogen (secondary N) is 1. The van der Waals surface area contributed by atoms with Crippen molar-refractivity contribution in [2.75, 3.05) is 16.4 Å². The number of carbonyl (C=O) groups is 1. The maximum absolute atomic E-state index is 13.6. The van der Waals surface area contributed by atoms with Crippen LogP contribution in [-0.4, -0.2) is 44.4 Å². The van der Waals surface area contributed by atoms with E-state index in [0.29, 0.717) is 29.9 Å². The molecule has 0 bridgehead atoms. The van der Waals surface area contributed by atoms with Gasteiger partial charge in [0.2, 0.25) is 0 Å². The zero-order valence-electron chi connectivity index (χ0n) is 21.5. The fraction of sp³-hybridized carbons (Fsp3) is 0.480. The van der Waals surface area contributed by atoms with Gasteiger partial charge in [-0.2, -0.15) is 18.4 Å². The SMILES string of the molecule is CCOC(=O)N1c2c(cc(C)nc2C)C(N(Cc2cc(CF)cc(C(F)(F)F)c2)c2nn[nH]n2)CC1CC. The van der Waals surface area contributed by atoms with Crippen LogP contribution in [0.15, 0.2) is 24.3 Å². The second-order valence-electron chi connectivity index (χ2n) is 9.18. The molecule has 0 fully saturated rings. The van der Waals surface area contributed by atoms with E-state index in [2.05, 4.69) is 25.6 Å². The Labute approximate surface area is 217 Å². The Morgan fingerprint density at radius 3 is 2.53 bits per heavy atom. The van der Waals surface area contributed by atoms with Crippen LogP contribution in [0.2, 0.25) is 0 Å². The second-order valence-corrected chi connectivity index (χ2v) is 9.18. The molecule has 1 aromatic carbocycles. The minimum atomic E-state index is -4.64. The summed E-state index contributed by atoms with van der Waals surface area (Å²) in [5.41, 5.74) is 1.86. The van der Waals surface area contributed by atoms with Crippen molar-refractivity contribution in [3.63, 3.8) is 0 Å². The number of fused-ring (bicyclic) bond motifs is 1. The number of rotatable bonds is 7. The average Bonchev–Trinajstić information content (AvgIpc) is 3.40. The summed E-state index contributed by atoms with van der Waals surface area (Å²) >= 11 is 0. The van der Waals surface area contributed by atoms with Crippen molar-refractivity contribution < 1.29 is 27.1 Å². The first-order valence-electron chi connectivity index (χ1n) is 12.3. The predicted octanol–water partition coefficient (Wildman–Crippen LogP) is 5.59. The van der Waals surface area contributed by atoms with Gasteiger partial charge in [0.1, 0.15) is 6.67 Å². The Balaban J connectivity index is 1.86. The van der Waals surface area contributed by atoms with E-state index < -0.39 is 30.5 Å². The van der Waals surface area contributed by atoms with Crippen LogP contribution in [0.4, 0.5) is 34.0 Å². The molecule has 1 amide bonds. The van der Waals surface area contributed by atoms with Crippen LogP contribution >= 0.6 is 0 Å². The van der Waals surface area contributed by atoms with Gasteiger partial charge in [-0.1, -0.05) is 18.1 Å². The molecule has 0 spiro atoms. The molecule has 2 atom stereocenters. The van der Waals surface area contributed by atoms with Crippen LogP contribution in [0.5, 0.6) is 0 Å². The van der Waals surface area contributed by atoms with Crippen LogP contribution in [0, 0.1) is 13.8 Å². The number of alkyl halides is 4. The lowest BCUT2D eigenvalue weighted by molar-refractivity contribution is -0.137. The third-order valence-electron chi connectivity index (χ3n) is 6.58. The number of nitrogens with zero attached hydrogens (tertiary/aromatic N) is 6. The molecule has 1 aliphatic rings. The van der Waals surface area contributed by atoms with Crippen LogP contribution in [0.25, 0.3) is 0 Å². The Morgan fingerprint density at radius 1 is 1.18 bits per heavy atom. The maximum Gasteiger partial charge on any atom is 0.416 e. The third kappa shape index (κ3) is 5.41. The number of hydrogen-bond donors (Lipinski definition) is 1. The second kappa shape index (κ2) is 10.9. The van der Waals surface area contributed by atoms with E-state index in [9.17, 15) is 22.4 Å². The van der Waals surface area contributed by atoms with Gasteiger partial charge in [-0.15, -0.1) is 5.10 Å². The molecule has 0 saturated carbocycles. The van der Waals surface area contributed by atoms with E-state index in [0.717, 1.165) is 17.7 Å². The Hall–Kier alpha value is -3.77. The monoisotopic (exact) mass is 535 g/mol. The Morgan fingerprint density at radius 2 is 1.92 bits per heavy atom. The van der Waals surface area contributed by atoms with Crippen molar-refractivity contribution in [3.05, 3.63) is 57.9 Å². The number of amides is 1. The minimum Gasteiger partial charge on any atom is -0.449 e. The summed E-state index contributed by atoms with van der Waals surface area (Å²) in [6.07, 6.45) is -4.14. The number of aryl methyl sites for hydroxylation is 2. The molecular formula is C25H29F4N7O2. The number of benzene rings is 1. The number of carbonyl (C=O) groups excluding carboxylic acids is 1. The number of anilines is 2. The third-order valence-corrected chi connectivity index (χ3v) is 6.58. The van der Waals surface area contributed by atoms with Crippen molar-refractivity contribution in [2.24, 2.45) is 0 Å². The van der Waals surface area contributed by atoms with Crippen LogP contribution in [0.3, 0.4) is 0 Å². The molecule has 2 aromatic heterocycles. The number of aromatic nitrogens is 5. The fourth-order valence-electron chi connectivity index (χ4n) is 5.06. The molecule has 0 radical (unpaired) electrons. The number of hydrogen-bond acceptors (Lipinski definition) is 7. The van der Waals surface area contributed by atoms with E-state index in [-0.39, 0.29) is 36.3 Å². The number of ether oxygens (including phenoxy) is 1. The standard InChI is InChI=1S/C25H29F4N7O2/c1-5-19-11-21(20-7-14(3)30-15(4)22(20)36(19)24(37)38-6-2)35(23-31-33-34-32-23)13-17-8-16(12-26)9-18(10-17)25(27,28)29/h7-10,19,21H,5-6,11-13H2,1-4H3,(H,31,32,33,34). The zero-order chi connectivity index (χ0) is 27.6. The first kappa shape index (κ1) is 27.3. The molecule has 2 unspecified atom stereocenters. The summed E-state index contributed by atoms with van der Waals surface area (Å²) in [6.45, 7) is 6.39. The molecule has 204 valence electrons.